The molecular formula is C11H15ClO3. The van der Waals surface area contributed by atoms with E-state index in [4.69, 9.17) is 21.4 Å². The van der Waals surface area contributed by atoms with Crippen LogP contribution in [0, 0.1) is 6.92 Å². The van der Waals surface area contributed by atoms with Gasteiger partial charge in [-0.05, 0) is 31.4 Å². The second-order valence-corrected chi connectivity index (χ2v) is 3.77. The van der Waals surface area contributed by atoms with Crippen molar-refractivity contribution in [1.29, 1.82) is 0 Å². The van der Waals surface area contributed by atoms with Gasteiger partial charge in [0.2, 0.25) is 0 Å². The zero-order valence-corrected chi connectivity index (χ0v) is 9.64. The van der Waals surface area contributed by atoms with E-state index >= 15 is 0 Å². The van der Waals surface area contributed by atoms with Gasteiger partial charge in [0, 0.05) is 12.2 Å². The van der Waals surface area contributed by atoms with Crippen molar-refractivity contribution in [1.82, 2.24) is 0 Å². The highest BCUT2D eigenvalue weighted by Gasteiger charge is 2.14. The molecule has 0 atom stereocenters. The van der Waals surface area contributed by atoms with Crippen LogP contribution in [0.2, 0.25) is 5.02 Å². The van der Waals surface area contributed by atoms with E-state index in [2.05, 4.69) is 0 Å². The van der Waals surface area contributed by atoms with Gasteiger partial charge in [0.15, 0.2) is 11.5 Å². The number of aliphatic hydroxyl groups excluding tert-OH is 1. The normalized spacial score (nSPS) is 10.4. The van der Waals surface area contributed by atoms with Gasteiger partial charge in [-0.1, -0.05) is 11.6 Å². The molecule has 1 aromatic rings. The summed E-state index contributed by atoms with van der Waals surface area (Å²) < 4.78 is 5.01. The van der Waals surface area contributed by atoms with E-state index in [9.17, 15) is 5.11 Å². The molecule has 0 bridgehead atoms. The van der Waals surface area contributed by atoms with Gasteiger partial charge in [0.25, 0.3) is 0 Å². The van der Waals surface area contributed by atoms with Crippen LogP contribution < -0.4 is 4.74 Å². The van der Waals surface area contributed by atoms with Crippen molar-refractivity contribution < 1.29 is 14.9 Å². The summed E-state index contributed by atoms with van der Waals surface area (Å²) in [6, 6.07) is 1.76. The van der Waals surface area contributed by atoms with Crippen LogP contribution in [-0.4, -0.2) is 23.9 Å². The SMILES string of the molecule is COc1c(Cl)cc(C)c(CCCO)c1O. The van der Waals surface area contributed by atoms with Crippen LogP contribution in [0.15, 0.2) is 6.07 Å². The predicted molar refractivity (Wildman–Crippen MR) is 59.8 cm³/mol. The number of phenolic OH excluding ortho intramolecular Hbond substituents is 1. The highest BCUT2D eigenvalue weighted by Crippen LogP contribution is 2.39. The summed E-state index contributed by atoms with van der Waals surface area (Å²) >= 11 is 5.91. The molecule has 0 spiro atoms. The molecular weight excluding hydrogens is 216 g/mol. The maximum atomic E-state index is 9.89. The van der Waals surface area contributed by atoms with Crippen LogP contribution in [0.25, 0.3) is 0 Å². The minimum absolute atomic E-state index is 0.0796. The molecule has 0 aliphatic heterocycles. The number of hydrogen-bond donors (Lipinski definition) is 2. The Balaban J connectivity index is 3.14. The summed E-state index contributed by atoms with van der Waals surface area (Å²) in [5, 5.41) is 19.0. The largest absolute Gasteiger partial charge is 0.504 e. The molecule has 15 heavy (non-hydrogen) atoms. The van der Waals surface area contributed by atoms with E-state index < -0.39 is 0 Å². The fourth-order valence-electron chi connectivity index (χ4n) is 1.55. The fourth-order valence-corrected chi connectivity index (χ4v) is 1.88. The number of rotatable bonds is 4. The third kappa shape index (κ3) is 2.55. The summed E-state index contributed by atoms with van der Waals surface area (Å²) in [6.07, 6.45) is 1.22. The number of methoxy groups -OCH3 is 1. The molecule has 4 heteroatoms. The number of benzene rings is 1. The molecule has 0 heterocycles. The van der Waals surface area contributed by atoms with Gasteiger partial charge >= 0.3 is 0 Å². The van der Waals surface area contributed by atoms with Crippen molar-refractivity contribution in [3.63, 3.8) is 0 Å². The molecule has 0 saturated heterocycles. The number of phenols is 1. The van der Waals surface area contributed by atoms with E-state index in [1.165, 1.54) is 7.11 Å². The molecule has 2 N–H and O–H groups in total. The highest BCUT2D eigenvalue weighted by molar-refractivity contribution is 6.32. The van der Waals surface area contributed by atoms with Crippen molar-refractivity contribution in [2.75, 3.05) is 13.7 Å². The van der Waals surface area contributed by atoms with Gasteiger partial charge < -0.3 is 14.9 Å². The molecule has 3 nitrogen and oxygen atoms in total. The van der Waals surface area contributed by atoms with Crippen molar-refractivity contribution in [3.05, 3.63) is 22.2 Å². The maximum absolute atomic E-state index is 9.89. The smallest absolute Gasteiger partial charge is 0.179 e. The molecule has 0 aliphatic carbocycles. The Labute approximate surface area is 94.3 Å². The topological polar surface area (TPSA) is 49.7 Å². The van der Waals surface area contributed by atoms with Crippen LogP contribution in [0.4, 0.5) is 0 Å². The quantitative estimate of drug-likeness (QED) is 0.835. The Morgan fingerprint density at radius 1 is 1.47 bits per heavy atom. The van der Waals surface area contributed by atoms with E-state index in [1.54, 1.807) is 6.07 Å². The number of halogens is 1. The standard InChI is InChI=1S/C11H15ClO3/c1-7-6-9(12)11(15-2)10(14)8(7)4-3-5-13/h6,13-14H,3-5H2,1-2H3. The van der Waals surface area contributed by atoms with Gasteiger partial charge in [-0.15, -0.1) is 0 Å². The Kier molecular flexibility index (Phi) is 4.24. The van der Waals surface area contributed by atoms with Crippen molar-refractivity contribution in [2.45, 2.75) is 19.8 Å². The zero-order chi connectivity index (χ0) is 11.4. The van der Waals surface area contributed by atoms with Crippen LogP contribution in [-0.2, 0) is 6.42 Å². The number of aliphatic hydroxyl groups is 1. The first-order chi connectivity index (χ1) is 7.11. The molecule has 0 saturated carbocycles. The molecule has 0 radical (unpaired) electrons. The lowest BCUT2D eigenvalue weighted by Crippen LogP contribution is -1.96. The predicted octanol–water partition coefficient (Wildman–Crippen LogP) is 2.29. The van der Waals surface area contributed by atoms with Crippen molar-refractivity contribution in [3.8, 4) is 11.5 Å². The average Bonchev–Trinajstić information content (AvgIpc) is 2.17. The van der Waals surface area contributed by atoms with Crippen LogP contribution in [0.5, 0.6) is 11.5 Å². The molecule has 0 aliphatic rings. The van der Waals surface area contributed by atoms with Crippen LogP contribution in [0.1, 0.15) is 17.5 Å². The molecule has 1 rings (SSSR count). The molecule has 0 unspecified atom stereocenters. The minimum atomic E-state index is 0.0796. The van der Waals surface area contributed by atoms with Crippen molar-refractivity contribution >= 4 is 11.6 Å². The van der Waals surface area contributed by atoms with E-state index in [1.807, 2.05) is 6.92 Å². The third-order valence-corrected chi connectivity index (χ3v) is 2.61. The highest BCUT2D eigenvalue weighted by atomic mass is 35.5. The summed E-state index contributed by atoms with van der Waals surface area (Å²) in [7, 11) is 1.46. The Morgan fingerprint density at radius 2 is 2.13 bits per heavy atom. The van der Waals surface area contributed by atoms with Crippen molar-refractivity contribution in [2.24, 2.45) is 0 Å². The van der Waals surface area contributed by atoms with Gasteiger partial charge in [-0.3, -0.25) is 0 Å². The minimum Gasteiger partial charge on any atom is -0.504 e. The lowest BCUT2D eigenvalue weighted by molar-refractivity contribution is 0.287. The van der Waals surface area contributed by atoms with Gasteiger partial charge in [0.05, 0.1) is 12.1 Å². The monoisotopic (exact) mass is 230 g/mol. The third-order valence-electron chi connectivity index (χ3n) is 2.33. The number of hydrogen-bond acceptors (Lipinski definition) is 3. The second kappa shape index (κ2) is 5.24. The van der Waals surface area contributed by atoms with Gasteiger partial charge in [-0.25, -0.2) is 0 Å². The molecule has 0 amide bonds. The van der Waals surface area contributed by atoms with Gasteiger partial charge in [0.1, 0.15) is 0 Å². The fraction of sp³-hybridized carbons (Fsp3) is 0.455. The first-order valence-electron chi connectivity index (χ1n) is 4.77. The average molecular weight is 231 g/mol. The summed E-state index contributed by atoms with van der Waals surface area (Å²) in [5.41, 5.74) is 1.69. The summed E-state index contributed by atoms with van der Waals surface area (Å²) in [4.78, 5) is 0. The second-order valence-electron chi connectivity index (χ2n) is 3.36. The molecule has 1 aromatic carbocycles. The molecule has 0 aromatic heterocycles. The van der Waals surface area contributed by atoms with E-state index in [0.29, 0.717) is 23.6 Å². The van der Waals surface area contributed by atoms with E-state index in [0.717, 1.165) is 11.1 Å². The Hall–Kier alpha value is -0.930. The first-order valence-corrected chi connectivity index (χ1v) is 5.15. The number of ether oxygens (including phenoxy) is 1. The number of aromatic hydroxyl groups is 1. The summed E-state index contributed by atoms with van der Waals surface area (Å²) in [6.45, 7) is 1.97. The lowest BCUT2D eigenvalue weighted by atomic mass is 10.0. The molecule has 0 fully saturated rings. The lowest BCUT2D eigenvalue weighted by Gasteiger charge is -2.13. The van der Waals surface area contributed by atoms with E-state index in [-0.39, 0.29) is 12.4 Å². The Bertz CT molecular complexity index is 350. The number of aryl methyl sites for hydroxylation is 1. The van der Waals surface area contributed by atoms with Gasteiger partial charge in [-0.2, -0.15) is 0 Å². The zero-order valence-electron chi connectivity index (χ0n) is 8.88. The van der Waals surface area contributed by atoms with Crippen LogP contribution >= 0.6 is 11.6 Å². The van der Waals surface area contributed by atoms with Crippen LogP contribution in [0.3, 0.4) is 0 Å². The maximum Gasteiger partial charge on any atom is 0.179 e. The Morgan fingerprint density at radius 3 is 2.67 bits per heavy atom. The summed E-state index contributed by atoms with van der Waals surface area (Å²) in [5.74, 6) is 0.381. The first kappa shape index (κ1) is 12.1. The molecule has 84 valence electrons.